The highest BCUT2D eigenvalue weighted by Gasteiger charge is 2.20. The molecule has 1 aromatic heterocycles. The van der Waals surface area contributed by atoms with Gasteiger partial charge in [-0.2, -0.15) is 0 Å². The number of hydrogen-bond acceptors (Lipinski definition) is 4. The summed E-state index contributed by atoms with van der Waals surface area (Å²) in [5.74, 6) is 1.43. The first-order valence-electron chi connectivity index (χ1n) is 10.9. The zero-order valence-corrected chi connectivity index (χ0v) is 18.1. The number of hydrogen-bond donors (Lipinski definition) is 1. The fraction of sp³-hybridized carbons (Fsp3) is 0.440. The van der Waals surface area contributed by atoms with Gasteiger partial charge in [0.2, 0.25) is 0 Å². The van der Waals surface area contributed by atoms with Crippen LogP contribution in [0.15, 0.2) is 46.9 Å². The van der Waals surface area contributed by atoms with E-state index in [9.17, 15) is 4.79 Å². The Morgan fingerprint density at radius 2 is 1.90 bits per heavy atom. The standard InChI is InChI=1S/C25H31N3O2/c1-17(2)25-27-22-9-8-21(14-23(22)30-25)24(29)26-15-19-10-12-28(13-11-19)16-20-6-4-18(3)5-7-20/h4-9,14,17,19H,10-13,15-16H2,1-3H3,(H,26,29). The predicted octanol–water partition coefficient (Wildman–Crippen LogP) is 4.90. The van der Waals surface area contributed by atoms with E-state index in [-0.39, 0.29) is 11.8 Å². The third-order valence-corrected chi connectivity index (χ3v) is 5.95. The molecule has 4 rings (SSSR count). The number of rotatable bonds is 6. The van der Waals surface area contributed by atoms with E-state index in [4.69, 9.17) is 4.42 Å². The average Bonchev–Trinajstić information content (AvgIpc) is 3.18. The zero-order chi connectivity index (χ0) is 21.1. The minimum absolute atomic E-state index is 0.0403. The van der Waals surface area contributed by atoms with Crippen LogP contribution in [0.5, 0.6) is 0 Å². The number of amides is 1. The molecule has 2 heterocycles. The quantitative estimate of drug-likeness (QED) is 0.634. The highest BCUT2D eigenvalue weighted by atomic mass is 16.3. The maximum absolute atomic E-state index is 12.6. The SMILES string of the molecule is Cc1ccc(CN2CCC(CNC(=O)c3ccc4nc(C(C)C)oc4c3)CC2)cc1. The summed E-state index contributed by atoms with van der Waals surface area (Å²) in [6.45, 7) is 10.1. The number of carbonyl (C=O) groups is 1. The lowest BCUT2D eigenvalue weighted by Gasteiger charge is -2.32. The Morgan fingerprint density at radius 3 is 2.60 bits per heavy atom. The van der Waals surface area contributed by atoms with Crippen LogP contribution in [0.3, 0.4) is 0 Å². The second-order valence-electron chi connectivity index (χ2n) is 8.80. The van der Waals surface area contributed by atoms with E-state index in [0.717, 1.165) is 44.5 Å². The largest absolute Gasteiger partial charge is 0.440 e. The molecule has 158 valence electrons. The van der Waals surface area contributed by atoms with Crippen LogP contribution in [0.25, 0.3) is 11.1 Å². The number of oxazole rings is 1. The monoisotopic (exact) mass is 405 g/mol. The van der Waals surface area contributed by atoms with Crippen LogP contribution in [0.2, 0.25) is 0 Å². The van der Waals surface area contributed by atoms with E-state index in [1.54, 1.807) is 6.07 Å². The van der Waals surface area contributed by atoms with E-state index in [0.29, 0.717) is 23.0 Å². The van der Waals surface area contributed by atoms with Gasteiger partial charge in [-0.25, -0.2) is 4.98 Å². The number of nitrogens with one attached hydrogen (secondary N) is 1. The summed E-state index contributed by atoms with van der Waals surface area (Å²) < 4.78 is 5.79. The lowest BCUT2D eigenvalue weighted by molar-refractivity contribution is 0.0935. The number of benzene rings is 2. The second-order valence-corrected chi connectivity index (χ2v) is 8.80. The van der Waals surface area contributed by atoms with Crippen LogP contribution < -0.4 is 5.32 Å². The normalized spacial score (nSPS) is 15.7. The van der Waals surface area contributed by atoms with E-state index in [2.05, 4.69) is 46.4 Å². The summed E-state index contributed by atoms with van der Waals surface area (Å²) in [6, 6.07) is 14.3. The Bertz CT molecular complexity index is 999. The molecular formula is C25H31N3O2. The van der Waals surface area contributed by atoms with Crippen LogP contribution in [0, 0.1) is 12.8 Å². The molecule has 1 fully saturated rings. The van der Waals surface area contributed by atoms with Gasteiger partial charge in [0.1, 0.15) is 5.52 Å². The first-order valence-corrected chi connectivity index (χ1v) is 10.9. The highest BCUT2D eigenvalue weighted by Crippen LogP contribution is 2.22. The molecule has 1 N–H and O–H groups in total. The van der Waals surface area contributed by atoms with Gasteiger partial charge in [-0.05, 0) is 62.5 Å². The molecule has 1 aliphatic heterocycles. The molecule has 1 amide bonds. The number of aromatic nitrogens is 1. The van der Waals surface area contributed by atoms with Gasteiger partial charge in [-0.15, -0.1) is 0 Å². The first kappa shape index (κ1) is 20.6. The molecule has 0 bridgehead atoms. The molecule has 3 aromatic rings. The van der Waals surface area contributed by atoms with E-state index < -0.39 is 0 Å². The Hall–Kier alpha value is -2.66. The van der Waals surface area contributed by atoms with Crippen LogP contribution in [-0.2, 0) is 6.54 Å². The van der Waals surface area contributed by atoms with E-state index in [1.807, 2.05) is 26.0 Å². The van der Waals surface area contributed by atoms with Gasteiger partial charge >= 0.3 is 0 Å². The Balaban J connectivity index is 1.26. The van der Waals surface area contributed by atoms with Crippen molar-refractivity contribution in [3.05, 3.63) is 65.0 Å². The summed E-state index contributed by atoms with van der Waals surface area (Å²) in [6.07, 6.45) is 2.23. The molecule has 0 spiro atoms. The van der Waals surface area contributed by atoms with Crippen LogP contribution in [0.4, 0.5) is 0 Å². The smallest absolute Gasteiger partial charge is 0.251 e. The number of fused-ring (bicyclic) bond motifs is 1. The Labute approximate surface area is 178 Å². The van der Waals surface area contributed by atoms with Crippen molar-refractivity contribution < 1.29 is 9.21 Å². The van der Waals surface area contributed by atoms with Gasteiger partial charge in [-0.3, -0.25) is 9.69 Å². The number of piperidine rings is 1. The van der Waals surface area contributed by atoms with Crippen molar-refractivity contribution in [1.82, 2.24) is 15.2 Å². The number of carbonyl (C=O) groups excluding carboxylic acids is 1. The third-order valence-electron chi connectivity index (χ3n) is 5.95. The van der Waals surface area contributed by atoms with Crippen molar-refractivity contribution >= 4 is 17.0 Å². The average molecular weight is 406 g/mol. The predicted molar refractivity (Wildman–Crippen MR) is 120 cm³/mol. The maximum atomic E-state index is 12.6. The molecule has 5 nitrogen and oxygen atoms in total. The van der Waals surface area contributed by atoms with Crippen LogP contribution in [-0.4, -0.2) is 35.4 Å². The molecular weight excluding hydrogens is 374 g/mol. The lowest BCUT2D eigenvalue weighted by atomic mass is 9.96. The minimum Gasteiger partial charge on any atom is -0.440 e. The summed E-state index contributed by atoms with van der Waals surface area (Å²) in [4.78, 5) is 19.6. The van der Waals surface area contributed by atoms with Crippen molar-refractivity contribution in [3.8, 4) is 0 Å². The van der Waals surface area contributed by atoms with Crippen molar-refractivity contribution in [3.63, 3.8) is 0 Å². The number of nitrogens with zero attached hydrogens (tertiary/aromatic N) is 2. The first-order chi connectivity index (χ1) is 14.5. The molecule has 5 heteroatoms. The van der Waals surface area contributed by atoms with Gasteiger partial charge in [0.25, 0.3) is 5.91 Å². The summed E-state index contributed by atoms with van der Waals surface area (Å²) in [7, 11) is 0. The van der Waals surface area contributed by atoms with Crippen molar-refractivity contribution in [2.45, 2.75) is 46.1 Å². The van der Waals surface area contributed by atoms with Crippen molar-refractivity contribution in [2.24, 2.45) is 5.92 Å². The van der Waals surface area contributed by atoms with Gasteiger partial charge in [0.05, 0.1) is 0 Å². The van der Waals surface area contributed by atoms with E-state index in [1.165, 1.54) is 11.1 Å². The highest BCUT2D eigenvalue weighted by molar-refractivity contribution is 5.97. The molecule has 2 aromatic carbocycles. The molecule has 0 unspecified atom stereocenters. The second kappa shape index (κ2) is 9.00. The third kappa shape index (κ3) is 4.90. The van der Waals surface area contributed by atoms with E-state index >= 15 is 0 Å². The Kier molecular flexibility index (Phi) is 6.18. The summed E-state index contributed by atoms with van der Waals surface area (Å²) in [5, 5.41) is 3.11. The molecule has 0 saturated carbocycles. The number of likely N-dealkylation sites (tertiary alicyclic amines) is 1. The van der Waals surface area contributed by atoms with Crippen LogP contribution >= 0.6 is 0 Å². The van der Waals surface area contributed by atoms with Crippen LogP contribution in [0.1, 0.15) is 60.0 Å². The molecule has 0 radical (unpaired) electrons. The molecule has 30 heavy (non-hydrogen) atoms. The summed E-state index contributed by atoms with van der Waals surface area (Å²) in [5.41, 5.74) is 4.78. The fourth-order valence-electron chi connectivity index (χ4n) is 3.97. The maximum Gasteiger partial charge on any atom is 0.251 e. The molecule has 1 saturated heterocycles. The van der Waals surface area contributed by atoms with Gasteiger partial charge < -0.3 is 9.73 Å². The minimum atomic E-state index is -0.0403. The van der Waals surface area contributed by atoms with Gasteiger partial charge in [0.15, 0.2) is 11.5 Å². The summed E-state index contributed by atoms with van der Waals surface area (Å²) >= 11 is 0. The van der Waals surface area contributed by atoms with Crippen molar-refractivity contribution in [1.29, 1.82) is 0 Å². The number of aryl methyl sites for hydroxylation is 1. The van der Waals surface area contributed by atoms with Crippen molar-refractivity contribution in [2.75, 3.05) is 19.6 Å². The molecule has 1 aliphatic rings. The molecule has 0 atom stereocenters. The van der Waals surface area contributed by atoms with Gasteiger partial charge in [-0.1, -0.05) is 43.7 Å². The zero-order valence-electron chi connectivity index (χ0n) is 18.1. The van der Waals surface area contributed by atoms with Gasteiger partial charge in [0, 0.05) is 24.6 Å². The molecule has 0 aliphatic carbocycles. The topological polar surface area (TPSA) is 58.4 Å². The lowest BCUT2D eigenvalue weighted by Crippen LogP contribution is -2.38. The Morgan fingerprint density at radius 1 is 1.17 bits per heavy atom. The fourth-order valence-corrected chi connectivity index (χ4v) is 3.97.